The summed E-state index contributed by atoms with van der Waals surface area (Å²) in [5.41, 5.74) is 9.39. The molecule has 0 spiro atoms. The van der Waals surface area contributed by atoms with Crippen LogP contribution in [0.3, 0.4) is 0 Å². The van der Waals surface area contributed by atoms with E-state index >= 15 is 0 Å². The number of nitrogens with zero attached hydrogens (tertiary/aromatic N) is 3. The number of carbonyl (C=O) groups is 1. The highest BCUT2D eigenvalue weighted by molar-refractivity contribution is 6.07. The van der Waals surface area contributed by atoms with Gasteiger partial charge in [-0.25, -0.2) is 0 Å². The Balaban J connectivity index is 2.64. The zero-order valence-electron chi connectivity index (χ0n) is 7.14. The van der Waals surface area contributed by atoms with E-state index in [2.05, 4.69) is 15.0 Å². The molecule has 0 aliphatic rings. The van der Waals surface area contributed by atoms with Crippen LogP contribution in [0.2, 0.25) is 0 Å². The van der Waals surface area contributed by atoms with E-state index < -0.39 is 5.91 Å². The zero-order chi connectivity index (χ0) is 9.97. The topological polar surface area (TPSA) is 81.6 Å². The van der Waals surface area contributed by atoms with Crippen LogP contribution in [0, 0.1) is 0 Å². The summed E-state index contributed by atoms with van der Waals surface area (Å²) in [6.07, 6.45) is 1.54. The molecule has 68 valence electrons. The summed E-state index contributed by atoms with van der Waals surface area (Å²) in [7, 11) is 0. The summed E-state index contributed by atoms with van der Waals surface area (Å²) >= 11 is 0. The van der Waals surface area contributed by atoms with Crippen molar-refractivity contribution in [3.05, 3.63) is 46.5 Å². The van der Waals surface area contributed by atoms with Crippen LogP contribution in [-0.4, -0.2) is 10.9 Å². The quantitative estimate of drug-likeness (QED) is 0.414. The Morgan fingerprint density at radius 1 is 1.43 bits per heavy atom. The largest absolute Gasteiger partial charge is 0.360 e. The van der Waals surface area contributed by atoms with Crippen molar-refractivity contribution in [2.75, 3.05) is 0 Å². The van der Waals surface area contributed by atoms with E-state index in [0.717, 1.165) is 10.9 Å². The van der Waals surface area contributed by atoms with Crippen molar-refractivity contribution in [1.82, 2.24) is 4.98 Å². The van der Waals surface area contributed by atoms with Crippen molar-refractivity contribution in [3.63, 3.8) is 0 Å². The van der Waals surface area contributed by atoms with Gasteiger partial charge in [-0.15, -0.1) is 0 Å². The van der Waals surface area contributed by atoms with Crippen molar-refractivity contribution in [3.8, 4) is 0 Å². The smallest absolute Gasteiger partial charge is 0.251 e. The number of aromatic nitrogens is 1. The average molecular weight is 186 g/mol. The Labute approximate surface area is 79.0 Å². The minimum Gasteiger partial charge on any atom is -0.360 e. The lowest BCUT2D eigenvalue weighted by Crippen LogP contribution is -1.90. The van der Waals surface area contributed by atoms with Gasteiger partial charge in [-0.2, -0.15) is 0 Å². The number of rotatable bonds is 1. The fraction of sp³-hybridized carbons (Fsp3) is 0. The first-order valence-electron chi connectivity index (χ1n) is 3.98. The monoisotopic (exact) mass is 186 g/mol. The number of aromatic amines is 1. The van der Waals surface area contributed by atoms with Crippen molar-refractivity contribution in [2.45, 2.75) is 0 Å². The first kappa shape index (κ1) is 8.34. The Kier molecular flexibility index (Phi) is 1.93. The molecule has 5 nitrogen and oxygen atoms in total. The Morgan fingerprint density at radius 2 is 2.21 bits per heavy atom. The van der Waals surface area contributed by atoms with Crippen LogP contribution in [0.5, 0.6) is 0 Å². The second-order valence-corrected chi connectivity index (χ2v) is 2.74. The van der Waals surface area contributed by atoms with Crippen molar-refractivity contribution >= 4 is 16.8 Å². The average Bonchev–Trinajstić information content (AvgIpc) is 2.61. The second kappa shape index (κ2) is 3.24. The summed E-state index contributed by atoms with van der Waals surface area (Å²) in [5.74, 6) is -0.565. The molecule has 1 aromatic heterocycles. The summed E-state index contributed by atoms with van der Waals surface area (Å²) in [6.45, 7) is 0. The molecule has 0 aliphatic heterocycles. The summed E-state index contributed by atoms with van der Waals surface area (Å²) in [6, 6.07) is 7.33. The molecule has 0 saturated carbocycles. The number of fused-ring (bicyclic) bond motifs is 1. The van der Waals surface area contributed by atoms with Crippen LogP contribution >= 0.6 is 0 Å². The first-order chi connectivity index (χ1) is 6.83. The lowest BCUT2D eigenvalue weighted by molar-refractivity contribution is 0.100. The summed E-state index contributed by atoms with van der Waals surface area (Å²) in [4.78, 5) is 16.7. The molecule has 0 aliphatic carbocycles. The molecule has 0 bridgehead atoms. The SMILES string of the molecule is [N-]=[N+]=NC(=O)c1c[nH]c2ccccc12. The zero-order valence-corrected chi connectivity index (χ0v) is 7.14. The van der Waals surface area contributed by atoms with Crippen molar-refractivity contribution < 1.29 is 4.79 Å². The van der Waals surface area contributed by atoms with Gasteiger partial charge in [0.05, 0.1) is 0 Å². The summed E-state index contributed by atoms with van der Waals surface area (Å²) < 4.78 is 0. The maximum absolute atomic E-state index is 11.3. The minimum atomic E-state index is -0.565. The van der Waals surface area contributed by atoms with E-state index in [1.165, 1.54) is 0 Å². The predicted molar refractivity (Wildman–Crippen MR) is 51.8 cm³/mol. The van der Waals surface area contributed by atoms with Crippen molar-refractivity contribution in [1.29, 1.82) is 0 Å². The summed E-state index contributed by atoms with van der Waals surface area (Å²) in [5, 5.41) is 3.81. The highest BCUT2D eigenvalue weighted by Gasteiger charge is 2.08. The van der Waals surface area contributed by atoms with E-state index in [1.807, 2.05) is 18.2 Å². The predicted octanol–water partition coefficient (Wildman–Crippen LogP) is 2.62. The van der Waals surface area contributed by atoms with E-state index in [1.54, 1.807) is 12.3 Å². The molecular weight excluding hydrogens is 180 g/mol. The highest BCUT2D eigenvalue weighted by atomic mass is 16.1. The molecule has 0 radical (unpaired) electrons. The molecule has 1 N–H and O–H groups in total. The number of hydrogen-bond donors (Lipinski definition) is 1. The molecule has 14 heavy (non-hydrogen) atoms. The molecule has 0 atom stereocenters. The van der Waals surface area contributed by atoms with Gasteiger partial charge < -0.3 is 4.98 Å². The normalized spacial score (nSPS) is 9.71. The maximum atomic E-state index is 11.3. The van der Waals surface area contributed by atoms with Gasteiger partial charge in [0.2, 0.25) is 0 Å². The maximum Gasteiger partial charge on any atom is 0.251 e. The lowest BCUT2D eigenvalue weighted by Gasteiger charge is -1.90. The van der Waals surface area contributed by atoms with Gasteiger partial charge in [0.1, 0.15) is 0 Å². The molecule has 1 aromatic carbocycles. The molecule has 1 heterocycles. The Hall–Kier alpha value is -2.26. The van der Waals surface area contributed by atoms with Crippen LogP contribution in [0.15, 0.2) is 35.6 Å². The minimum absolute atomic E-state index is 0.401. The fourth-order valence-corrected chi connectivity index (χ4v) is 1.34. The second-order valence-electron chi connectivity index (χ2n) is 2.74. The number of amides is 1. The number of H-pyrrole nitrogens is 1. The number of carbonyl (C=O) groups excluding carboxylic acids is 1. The third kappa shape index (κ3) is 1.22. The molecule has 1 amide bonds. The van der Waals surface area contributed by atoms with Crippen LogP contribution in [0.1, 0.15) is 10.4 Å². The van der Waals surface area contributed by atoms with Gasteiger partial charge in [0.15, 0.2) is 0 Å². The molecule has 2 rings (SSSR count). The standard InChI is InChI=1S/C9H6N4O/c10-13-12-9(14)7-5-11-8-4-2-1-3-6(7)8/h1-5,11H. The van der Waals surface area contributed by atoms with Gasteiger partial charge >= 0.3 is 0 Å². The number of nitrogens with one attached hydrogen (secondary N) is 1. The van der Waals surface area contributed by atoms with Gasteiger partial charge in [-0.05, 0) is 16.7 Å². The number of azide groups is 1. The van der Waals surface area contributed by atoms with E-state index in [9.17, 15) is 4.79 Å². The van der Waals surface area contributed by atoms with Gasteiger partial charge in [-0.3, -0.25) is 4.79 Å². The van der Waals surface area contributed by atoms with Gasteiger partial charge in [0, 0.05) is 27.6 Å². The third-order valence-electron chi connectivity index (χ3n) is 1.96. The molecule has 0 saturated heterocycles. The molecule has 0 fully saturated rings. The van der Waals surface area contributed by atoms with Crippen LogP contribution in [-0.2, 0) is 0 Å². The van der Waals surface area contributed by atoms with Gasteiger partial charge in [0.25, 0.3) is 5.91 Å². The van der Waals surface area contributed by atoms with E-state index in [0.29, 0.717) is 5.56 Å². The van der Waals surface area contributed by atoms with E-state index in [-0.39, 0.29) is 0 Å². The third-order valence-corrected chi connectivity index (χ3v) is 1.96. The molecule has 0 unspecified atom stereocenters. The number of benzene rings is 1. The van der Waals surface area contributed by atoms with Crippen molar-refractivity contribution in [2.24, 2.45) is 5.11 Å². The number of para-hydroxylation sites is 1. The lowest BCUT2D eigenvalue weighted by atomic mass is 10.2. The molecular formula is C9H6N4O. The van der Waals surface area contributed by atoms with Crippen LogP contribution < -0.4 is 0 Å². The van der Waals surface area contributed by atoms with Gasteiger partial charge in [-0.1, -0.05) is 18.2 Å². The first-order valence-corrected chi connectivity index (χ1v) is 3.98. The Morgan fingerprint density at radius 3 is 3.00 bits per heavy atom. The fourth-order valence-electron chi connectivity index (χ4n) is 1.34. The van der Waals surface area contributed by atoms with Crippen LogP contribution in [0.25, 0.3) is 21.3 Å². The van der Waals surface area contributed by atoms with E-state index in [4.69, 9.17) is 5.53 Å². The molecule has 5 heteroatoms. The highest BCUT2D eigenvalue weighted by Crippen LogP contribution is 2.18. The Bertz CT molecular complexity index is 536. The number of hydrogen-bond acceptors (Lipinski definition) is 1. The molecule has 2 aromatic rings. The van der Waals surface area contributed by atoms with Crippen LogP contribution in [0.4, 0.5) is 0 Å².